The van der Waals surface area contributed by atoms with E-state index >= 15 is 0 Å². The van der Waals surface area contributed by atoms with Crippen molar-refractivity contribution in [2.75, 3.05) is 11.9 Å². The second-order valence-electron chi connectivity index (χ2n) is 10.00. The molecule has 2 saturated carbocycles. The van der Waals surface area contributed by atoms with Gasteiger partial charge in [-0.2, -0.15) is 0 Å². The van der Waals surface area contributed by atoms with Gasteiger partial charge >= 0.3 is 10.8 Å². The summed E-state index contributed by atoms with van der Waals surface area (Å²) in [6.07, 6.45) is 3.81. The van der Waals surface area contributed by atoms with Crippen LogP contribution in [0.25, 0.3) is 0 Å². The maximum absolute atomic E-state index is 13.2. The molecule has 5 atom stereocenters. The summed E-state index contributed by atoms with van der Waals surface area (Å²) in [5.41, 5.74) is 2.25. The average Bonchev–Trinajstić information content (AvgIpc) is 3.58. The highest BCUT2D eigenvalue weighted by molar-refractivity contribution is 9.10. The van der Waals surface area contributed by atoms with E-state index in [0.29, 0.717) is 40.9 Å². The van der Waals surface area contributed by atoms with Gasteiger partial charge in [-0.15, -0.1) is 11.8 Å². The minimum Gasteiger partial charge on any atom is -0.462 e. The molecule has 0 radical (unpaired) electrons. The zero-order valence-corrected chi connectivity index (χ0v) is 23.5. The number of amides is 1. The van der Waals surface area contributed by atoms with Crippen LogP contribution in [0, 0.1) is 17.8 Å². The number of hydrogen-bond donors (Lipinski definition) is 1. The molecular weight excluding hydrogens is 572 g/mol. The molecule has 1 amide bonds. The van der Waals surface area contributed by atoms with Crippen molar-refractivity contribution in [3.63, 3.8) is 0 Å². The molecule has 2 heterocycles. The molecule has 4 unspecified atom stereocenters. The molecule has 6 nitrogen and oxygen atoms in total. The van der Waals surface area contributed by atoms with Crippen LogP contribution in [0.1, 0.15) is 52.9 Å². The van der Waals surface area contributed by atoms with Gasteiger partial charge in [0.1, 0.15) is 6.54 Å². The molecule has 1 aliphatic heterocycles. The number of benzene rings is 2. The fraction of sp³-hybridized carbons (Fsp3) is 0.393. The Bertz CT molecular complexity index is 1420. The van der Waals surface area contributed by atoms with E-state index in [-0.39, 0.29) is 23.2 Å². The standard InChI is InChI=1S/C28H27BrN2O4S2/c1-2-35-27(33)15-8-10-20(11-9-15)30-21(32)14-31-26-25(37-28(31)34)23(16-4-3-5-19(29)13-16)22-17-6-7-18(12-17)24(22)36-26/h3-5,8-11,13,17-18,22-24H,2,6-7,12,14H2,1H3,(H,30,32)/t17?,18?,22?,23-,24?/m0/s1. The number of carbonyl (C=O) groups is 2. The van der Waals surface area contributed by atoms with Crippen molar-refractivity contribution < 1.29 is 14.3 Å². The molecule has 3 aromatic rings. The summed E-state index contributed by atoms with van der Waals surface area (Å²) in [4.78, 5) is 39.2. The predicted molar refractivity (Wildman–Crippen MR) is 150 cm³/mol. The molecule has 37 heavy (non-hydrogen) atoms. The molecular formula is C28H27BrN2O4S2. The number of fused-ring (bicyclic) bond motifs is 6. The molecule has 192 valence electrons. The van der Waals surface area contributed by atoms with E-state index in [2.05, 4.69) is 39.4 Å². The number of nitrogens with zero attached hydrogens (tertiary/aromatic N) is 1. The number of hydrogen-bond acceptors (Lipinski definition) is 6. The van der Waals surface area contributed by atoms with Crippen LogP contribution < -0.4 is 10.2 Å². The Morgan fingerprint density at radius 1 is 1.14 bits per heavy atom. The normalized spacial score (nSPS) is 25.4. The van der Waals surface area contributed by atoms with Crippen molar-refractivity contribution in [1.29, 1.82) is 0 Å². The van der Waals surface area contributed by atoms with Crippen molar-refractivity contribution in [1.82, 2.24) is 4.57 Å². The fourth-order valence-corrected chi connectivity index (χ4v) is 9.98. The van der Waals surface area contributed by atoms with Crippen LogP contribution in [0.2, 0.25) is 0 Å². The molecule has 3 aliphatic rings. The van der Waals surface area contributed by atoms with E-state index in [4.69, 9.17) is 4.74 Å². The molecule has 0 spiro atoms. The summed E-state index contributed by atoms with van der Waals surface area (Å²) >= 11 is 6.77. The van der Waals surface area contributed by atoms with Gasteiger partial charge in [0.15, 0.2) is 0 Å². The summed E-state index contributed by atoms with van der Waals surface area (Å²) in [7, 11) is 0. The Labute approximate surface area is 231 Å². The van der Waals surface area contributed by atoms with E-state index < -0.39 is 5.97 Å². The van der Waals surface area contributed by atoms with Crippen molar-refractivity contribution in [2.24, 2.45) is 17.8 Å². The first kappa shape index (κ1) is 24.9. The number of ether oxygens (including phenoxy) is 1. The third-order valence-corrected chi connectivity index (χ3v) is 11.2. The maximum Gasteiger partial charge on any atom is 0.338 e. The number of aromatic nitrogens is 1. The summed E-state index contributed by atoms with van der Waals surface area (Å²) in [5, 5.41) is 4.31. The lowest BCUT2D eigenvalue weighted by Crippen LogP contribution is -2.34. The van der Waals surface area contributed by atoms with Gasteiger partial charge in [0, 0.05) is 26.2 Å². The van der Waals surface area contributed by atoms with Gasteiger partial charge in [-0.3, -0.25) is 14.2 Å². The van der Waals surface area contributed by atoms with Gasteiger partial charge in [0.05, 0.1) is 17.2 Å². The molecule has 1 aromatic heterocycles. The first-order valence-electron chi connectivity index (χ1n) is 12.7. The zero-order valence-electron chi connectivity index (χ0n) is 20.3. The summed E-state index contributed by atoms with van der Waals surface area (Å²) in [6, 6.07) is 15.1. The van der Waals surface area contributed by atoms with Crippen LogP contribution in [-0.4, -0.2) is 28.3 Å². The van der Waals surface area contributed by atoms with E-state index in [1.165, 1.54) is 36.2 Å². The highest BCUT2D eigenvalue weighted by Crippen LogP contribution is 2.64. The summed E-state index contributed by atoms with van der Waals surface area (Å²) < 4.78 is 7.72. The van der Waals surface area contributed by atoms with E-state index in [0.717, 1.165) is 14.4 Å². The molecule has 9 heteroatoms. The number of rotatable bonds is 6. The number of carbonyl (C=O) groups excluding carboxylic acids is 2. The van der Waals surface area contributed by atoms with Crippen molar-refractivity contribution in [3.8, 4) is 0 Å². The first-order chi connectivity index (χ1) is 17.9. The molecule has 2 fully saturated rings. The van der Waals surface area contributed by atoms with Gasteiger partial charge in [-0.25, -0.2) is 4.79 Å². The van der Waals surface area contributed by atoms with Gasteiger partial charge in [0.2, 0.25) is 5.91 Å². The molecule has 1 N–H and O–H groups in total. The van der Waals surface area contributed by atoms with Gasteiger partial charge in [-0.05, 0) is 85.9 Å². The van der Waals surface area contributed by atoms with E-state index in [1.807, 2.05) is 17.8 Å². The highest BCUT2D eigenvalue weighted by atomic mass is 79.9. The largest absolute Gasteiger partial charge is 0.462 e. The smallest absolute Gasteiger partial charge is 0.338 e. The van der Waals surface area contributed by atoms with E-state index in [9.17, 15) is 14.4 Å². The second-order valence-corrected chi connectivity index (χ2v) is 13.1. The van der Waals surface area contributed by atoms with Crippen LogP contribution in [-0.2, 0) is 16.1 Å². The van der Waals surface area contributed by atoms with Crippen LogP contribution >= 0.6 is 39.0 Å². The van der Waals surface area contributed by atoms with Crippen molar-refractivity contribution >= 4 is 56.6 Å². The van der Waals surface area contributed by atoms with Crippen LogP contribution in [0.4, 0.5) is 5.69 Å². The molecule has 0 saturated heterocycles. The minimum absolute atomic E-state index is 0.0337. The zero-order chi connectivity index (χ0) is 25.7. The molecule has 2 aromatic carbocycles. The number of thioether (sulfide) groups is 1. The number of halogens is 1. The lowest BCUT2D eigenvalue weighted by Gasteiger charge is -2.40. The third-order valence-electron chi connectivity index (χ3n) is 7.88. The van der Waals surface area contributed by atoms with Crippen molar-refractivity contribution in [2.45, 2.75) is 48.9 Å². The Balaban J connectivity index is 1.28. The fourth-order valence-electron chi connectivity index (χ4n) is 6.41. The average molecular weight is 600 g/mol. The van der Waals surface area contributed by atoms with Crippen molar-refractivity contribution in [3.05, 3.63) is 78.7 Å². The second kappa shape index (κ2) is 10.1. The minimum atomic E-state index is -0.396. The maximum atomic E-state index is 13.2. The van der Waals surface area contributed by atoms with Crippen LogP contribution in [0.5, 0.6) is 0 Å². The number of anilines is 1. The monoisotopic (exact) mass is 598 g/mol. The lowest BCUT2D eigenvalue weighted by molar-refractivity contribution is -0.116. The quantitative estimate of drug-likeness (QED) is 0.345. The molecule has 2 bridgehead atoms. The van der Waals surface area contributed by atoms with Crippen LogP contribution in [0.3, 0.4) is 0 Å². The van der Waals surface area contributed by atoms with Gasteiger partial charge in [0.25, 0.3) is 0 Å². The first-order valence-corrected chi connectivity index (χ1v) is 15.1. The van der Waals surface area contributed by atoms with Crippen LogP contribution in [0.15, 0.2) is 62.8 Å². The predicted octanol–water partition coefficient (Wildman–Crippen LogP) is 6.14. The Kier molecular flexibility index (Phi) is 6.79. The number of esters is 1. The third kappa shape index (κ3) is 4.59. The lowest BCUT2D eigenvalue weighted by atomic mass is 9.75. The SMILES string of the molecule is CCOC(=O)c1ccc(NC(=O)Cn2c3c(sc2=O)[C@@H](c2cccc(Br)c2)C2C4CCC(C4)C2S3)cc1. The van der Waals surface area contributed by atoms with E-state index in [1.54, 1.807) is 35.8 Å². The van der Waals surface area contributed by atoms with Gasteiger partial charge < -0.3 is 10.1 Å². The molecule has 6 rings (SSSR count). The Morgan fingerprint density at radius 2 is 1.92 bits per heavy atom. The summed E-state index contributed by atoms with van der Waals surface area (Å²) in [6.45, 7) is 2.03. The number of nitrogens with one attached hydrogen (secondary N) is 1. The Hall–Kier alpha value is -2.36. The van der Waals surface area contributed by atoms with Gasteiger partial charge in [-0.1, -0.05) is 39.4 Å². The number of thiazole rings is 1. The molecule has 2 aliphatic carbocycles. The Morgan fingerprint density at radius 3 is 2.68 bits per heavy atom. The highest BCUT2D eigenvalue weighted by Gasteiger charge is 2.55. The topological polar surface area (TPSA) is 77.4 Å². The summed E-state index contributed by atoms with van der Waals surface area (Å²) in [5.74, 6) is 1.44.